The van der Waals surface area contributed by atoms with Gasteiger partial charge < -0.3 is 10.1 Å². The van der Waals surface area contributed by atoms with Gasteiger partial charge in [-0.2, -0.15) is 5.10 Å². The second-order valence-corrected chi connectivity index (χ2v) is 4.38. The molecule has 0 aromatic carbocycles. The van der Waals surface area contributed by atoms with Crippen LogP contribution in [0.3, 0.4) is 0 Å². The minimum atomic E-state index is 0.268. The number of thiocarbonyl (C=S) groups is 1. The van der Waals surface area contributed by atoms with E-state index in [1.807, 2.05) is 18.2 Å². The molecule has 96 valence electrons. The van der Waals surface area contributed by atoms with Crippen LogP contribution in [0.5, 0.6) is 0 Å². The van der Waals surface area contributed by atoms with E-state index in [-0.39, 0.29) is 6.10 Å². The molecule has 6 heteroatoms. The van der Waals surface area contributed by atoms with Crippen LogP contribution in [0.1, 0.15) is 18.5 Å². The number of aromatic nitrogens is 1. The van der Waals surface area contributed by atoms with Gasteiger partial charge in [-0.3, -0.25) is 10.4 Å². The van der Waals surface area contributed by atoms with E-state index in [0.29, 0.717) is 5.11 Å². The lowest BCUT2D eigenvalue weighted by molar-refractivity contribution is 0.114. The van der Waals surface area contributed by atoms with E-state index in [9.17, 15) is 0 Å². The molecule has 0 amide bonds. The topological polar surface area (TPSA) is 58.5 Å². The summed E-state index contributed by atoms with van der Waals surface area (Å²) < 4.78 is 5.48. The molecule has 1 unspecified atom stereocenters. The molecule has 1 aliphatic heterocycles. The number of hydrogen-bond donors (Lipinski definition) is 2. The van der Waals surface area contributed by atoms with Gasteiger partial charge in [0.1, 0.15) is 0 Å². The fraction of sp³-hybridized carbons (Fsp3) is 0.417. The van der Waals surface area contributed by atoms with Crippen molar-refractivity contribution in [1.82, 2.24) is 15.7 Å². The number of hydrazone groups is 1. The molecule has 1 fully saturated rings. The van der Waals surface area contributed by atoms with Crippen LogP contribution in [-0.2, 0) is 4.74 Å². The number of ether oxygens (including phenoxy) is 1. The lowest BCUT2D eigenvalue weighted by Crippen LogP contribution is -2.37. The second kappa shape index (κ2) is 7.03. The summed E-state index contributed by atoms with van der Waals surface area (Å²) in [4.78, 5) is 4.11. The standard InChI is InChI=1S/C12H16N4OS/c18-12(14-9-11-5-3-7-17-11)16-15-8-10-4-1-2-6-13-10/h1-2,4,6,8,11H,3,5,7,9H2,(H2,14,16,18)/b15-8+. The van der Waals surface area contributed by atoms with E-state index < -0.39 is 0 Å². The van der Waals surface area contributed by atoms with Crippen LogP contribution in [-0.4, -0.2) is 35.6 Å². The first-order valence-corrected chi connectivity index (χ1v) is 6.35. The van der Waals surface area contributed by atoms with E-state index in [1.54, 1.807) is 12.4 Å². The Bertz CT molecular complexity index is 404. The maximum atomic E-state index is 5.48. The largest absolute Gasteiger partial charge is 0.376 e. The molecular formula is C12H16N4OS. The third kappa shape index (κ3) is 4.38. The van der Waals surface area contributed by atoms with Gasteiger partial charge in [-0.25, -0.2) is 0 Å². The first-order chi connectivity index (χ1) is 8.84. The first-order valence-electron chi connectivity index (χ1n) is 5.94. The van der Waals surface area contributed by atoms with Gasteiger partial charge in [-0.1, -0.05) is 6.07 Å². The molecule has 0 saturated carbocycles. The van der Waals surface area contributed by atoms with Gasteiger partial charge in [-0.05, 0) is 37.2 Å². The fourth-order valence-corrected chi connectivity index (χ4v) is 1.80. The highest BCUT2D eigenvalue weighted by Crippen LogP contribution is 2.10. The lowest BCUT2D eigenvalue weighted by Gasteiger charge is -2.11. The quantitative estimate of drug-likeness (QED) is 0.484. The normalized spacial score (nSPS) is 19.0. The van der Waals surface area contributed by atoms with E-state index >= 15 is 0 Å². The van der Waals surface area contributed by atoms with E-state index in [2.05, 4.69) is 20.8 Å². The molecule has 1 aliphatic rings. The van der Waals surface area contributed by atoms with Gasteiger partial charge in [0.15, 0.2) is 5.11 Å². The van der Waals surface area contributed by atoms with E-state index in [4.69, 9.17) is 17.0 Å². The van der Waals surface area contributed by atoms with Crippen LogP contribution < -0.4 is 10.7 Å². The molecule has 18 heavy (non-hydrogen) atoms. The average molecular weight is 264 g/mol. The zero-order chi connectivity index (χ0) is 12.6. The Morgan fingerprint density at radius 2 is 2.56 bits per heavy atom. The van der Waals surface area contributed by atoms with Crippen molar-refractivity contribution in [2.24, 2.45) is 5.10 Å². The minimum Gasteiger partial charge on any atom is -0.376 e. The maximum Gasteiger partial charge on any atom is 0.187 e. The number of rotatable bonds is 4. The van der Waals surface area contributed by atoms with Crippen molar-refractivity contribution in [3.63, 3.8) is 0 Å². The highest BCUT2D eigenvalue weighted by atomic mass is 32.1. The predicted molar refractivity (Wildman–Crippen MR) is 74.5 cm³/mol. The van der Waals surface area contributed by atoms with Crippen molar-refractivity contribution < 1.29 is 4.74 Å². The molecule has 2 N–H and O–H groups in total. The first kappa shape index (κ1) is 12.9. The van der Waals surface area contributed by atoms with Crippen LogP contribution in [0, 0.1) is 0 Å². The van der Waals surface area contributed by atoms with Crippen molar-refractivity contribution in [2.45, 2.75) is 18.9 Å². The van der Waals surface area contributed by atoms with E-state index in [0.717, 1.165) is 31.7 Å². The summed E-state index contributed by atoms with van der Waals surface area (Å²) in [5, 5.41) is 7.57. The number of nitrogens with one attached hydrogen (secondary N) is 2. The van der Waals surface area contributed by atoms with Gasteiger partial charge in [0.25, 0.3) is 0 Å². The Morgan fingerprint density at radius 3 is 3.28 bits per heavy atom. The molecule has 2 heterocycles. The number of nitrogens with zero attached hydrogens (tertiary/aromatic N) is 2. The molecule has 1 saturated heterocycles. The molecule has 0 radical (unpaired) electrons. The molecule has 1 aromatic heterocycles. The summed E-state index contributed by atoms with van der Waals surface area (Å²) in [6.45, 7) is 1.58. The van der Waals surface area contributed by atoms with Gasteiger partial charge in [0.2, 0.25) is 0 Å². The molecule has 0 bridgehead atoms. The monoisotopic (exact) mass is 264 g/mol. The van der Waals surface area contributed by atoms with Crippen LogP contribution >= 0.6 is 12.2 Å². The average Bonchev–Trinajstić information content (AvgIpc) is 2.91. The van der Waals surface area contributed by atoms with Crippen LogP contribution in [0.4, 0.5) is 0 Å². The van der Waals surface area contributed by atoms with Crippen LogP contribution in [0.25, 0.3) is 0 Å². The Hall–Kier alpha value is -1.53. The summed E-state index contributed by atoms with van der Waals surface area (Å²) in [5.74, 6) is 0. The van der Waals surface area contributed by atoms with Crippen molar-refractivity contribution in [3.8, 4) is 0 Å². The molecule has 0 spiro atoms. The predicted octanol–water partition coefficient (Wildman–Crippen LogP) is 1.06. The Balaban J connectivity index is 1.66. The van der Waals surface area contributed by atoms with Crippen molar-refractivity contribution >= 4 is 23.5 Å². The van der Waals surface area contributed by atoms with Crippen LogP contribution in [0.15, 0.2) is 29.5 Å². The molecular weight excluding hydrogens is 248 g/mol. The highest BCUT2D eigenvalue weighted by molar-refractivity contribution is 7.80. The molecule has 0 aliphatic carbocycles. The van der Waals surface area contributed by atoms with E-state index in [1.165, 1.54) is 0 Å². The van der Waals surface area contributed by atoms with Gasteiger partial charge in [-0.15, -0.1) is 0 Å². The summed E-state index contributed by atoms with van der Waals surface area (Å²) in [6, 6.07) is 5.63. The van der Waals surface area contributed by atoms with Gasteiger partial charge >= 0.3 is 0 Å². The van der Waals surface area contributed by atoms with Crippen molar-refractivity contribution in [2.75, 3.05) is 13.2 Å². The highest BCUT2D eigenvalue weighted by Gasteiger charge is 2.14. The zero-order valence-electron chi connectivity index (χ0n) is 10.0. The lowest BCUT2D eigenvalue weighted by atomic mass is 10.2. The number of hydrogen-bond acceptors (Lipinski definition) is 4. The summed E-state index contributed by atoms with van der Waals surface area (Å²) >= 11 is 5.09. The SMILES string of the molecule is S=C(NCC1CCCO1)N/N=C/c1ccccn1. The molecule has 2 rings (SSSR count). The minimum absolute atomic E-state index is 0.268. The number of pyridine rings is 1. The smallest absolute Gasteiger partial charge is 0.187 e. The Morgan fingerprint density at radius 1 is 1.61 bits per heavy atom. The second-order valence-electron chi connectivity index (χ2n) is 3.97. The summed E-state index contributed by atoms with van der Waals surface area (Å²) in [6.07, 6.45) is 5.83. The Kier molecular flexibility index (Phi) is 5.04. The summed E-state index contributed by atoms with van der Waals surface area (Å²) in [7, 11) is 0. The summed E-state index contributed by atoms with van der Waals surface area (Å²) in [5.41, 5.74) is 3.53. The Labute approximate surface area is 112 Å². The van der Waals surface area contributed by atoms with Crippen LogP contribution in [0.2, 0.25) is 0 Å². The van der Waals surface area contributed by atoms with Gasteiger partial charge in [0, 0.05) is 19.3 Å². The van der Waals surface area contributed by atoms with Crippen molar-refractivity contribution in [3.05, 3.63) is 30.1 Å². The molecule has 1 atom stereocenters. The van der Waals surface area contributed by atoms with Crippen molar-refractivity contribution in [1.29, 1.82) is 0 Å². The zero-order valence-corrected chi connectivity index (χ0v) is 10.8. The third-order valence-electron chi connectivity index (χ3n) is 2.56. The van der Waals surface area contributed by atoms with Gasteiger partial charge in [0.05, 0.1) is 18.0 Å². The third-order valence-corrected chi connectivity index (χ3v) is 2.80. The molecule has 5 nitrogen and oxygen atoms in total. The fourth-order valence-electron chi connectivity index (χ4n) is 1.66. The molecule has 1 aromatic rings. The maximum absolute atomic E-state index is 5.48.